The molecule has 0 unspecified atom stereocenters. The zero-order valence-corrected chi connectivity index (χ0v) is 30.9. The van der Waals surface area contributed by atoms with Crippen molar-refractivity contribution in [1.82, 2.24) is 9.90 Å². The number of aromatic nitrogens is 3. The molecule has 0 amide bonds. The Labute approximate surface area is 286 Å². The van der Waals surface area contributed by atoms with Crippen molar-refractivity contribution in [2.75, 3.05) is 6.61 Å². The maximum atomic E-state index is 14.8. The van der Waals surface area contributed by atoms with Gasteiger partial charge in [0, 0.05) is 23.5 Å². The molecule has 0 radical (unpaired) electrons. The molecule has 1 aliphatic heterocycles. The number of aryl methyl sites for hydroxylation is 1. The Morgan fingerprint density at radius 3 is 2.38 bits per heavy atom. The van der Waals surface area contributed by atoms with Crippen molar-refractivity contribution in [2.45, 2.75) is 124 Å². The van der Waals surface area contributed by atoms with Crippen LogP contribution in [-0.4, -0.2) is 22.6 Å². The summed E-state index contributed by atoms with van der Waals surface area (Å²) in [7, 11) is 2.07. The average Bonchev–Trinajstić information content (AvgIpc) is 3.44. The second-order valence-corrected chi connectivity index (χ2v) is 18.4. The summed E-state index contributed by atoms with van der Waals surface area (Å²) in [5.74, 6) is 1.61. The standard InChI is InChI=1S/C38H54F2N3O.HI/c1-33(2)15-17-38-18-16-36(6)25(30(38)32(33)44-22-38)11-12-29-35(5)20-27-31(34(3,4)28(35)13-14-37(29,36)7)43(41-42(27)8)21-23-9-10-24(39)19-26(23)40;/h9-10,19,25,28-30,32H,11-18,20-22H2,1-8H3;1H/q+1;/p-1/t25-,28+,29-,30+,32-,35+,36-,37-,38-;/m1./s1. The second-order valence-electron chi connectivity index (χ2n) is 18.4. The summed E-state index contributed by atoms with van der Waals surface area (Å²) in [6, 6.07) is 3.92. The Morgan fingerprint density at radius 2 is 1.64 bits per heavy atom. The van der Waals surface area contributed by atoms with Crippen molar-refractivity contribution in [3.63, 3.8) is 0 Å². The third kappa shape index (κ3) is 4.07. The molecule has 7 heteroatoms. The first kappa shape index (κ1) is 32.5. The molecule has 2 aromatic rings. The molecule has 45 heavy (non-hydrogen) atoms. The van der Waals surface area contributed by atoms with E-state index in [9.17, 15) is 8.78 Å². The van der Waals surface area contributed by atoms with Crippen LogP contribution >= 0.6 is 0 Å². The third-order valence-corrected chi connectivity index (χ3v) is 15.9. The van der Waals surface area contributed by atoms with Gasteiger partial charge in [-0.25, -0.2) is 8.78 Å². The summed E-state index contributed by atoms with van der Waals surface area (Å²) in [4.78, 5) is 0. The minimum absolute atomic E-state index is 0. The summed E-state index contributed by atoms with van der Waals surface area (Å²) in [6.45, 7) is 19.2. The number of hydrogen-bond acceptors (Lipinski definition) is 2. The van der Waals surface area contributed by atoms with Gasteiger partial charge in [0.15, 0.2) is 11.4 Å². The molecule has 9 atom stereocenters. The Kier molecular flexibility index (Phi) is 7.20. The zero-order valence-electron chi connectivity index (χ0n) is 28.8. The number of rotatable bonds is 2. The molecule has 0 spiro atoms. The minimum atomic E-state index is -0.537. The number of ether oxygens (including phenoxy) is 1. The molecule has 1 saturated heterocycles. The Morgan fingerprint density at radius 1 is 0.911 bits per heavy atom. The number of hydrogen-bond donors (Lipinski definition) is 0. The van der Waals surface area contributed by atoms with E-state index in [1.54, 1.807) is 6.07 Å². The van der Waals surface area contributed by atoms with Crippen LogP contribution in [0.1, 0.15) is 117 Å². The molecule has 2 bridgehead atoms. The first-order valence-electron chi connectivity index (χ1n) is 17.6. The maximum Gasteiger partial charge on any atom is 0.177 e. The minimum Gasteiger partial charge on any atom is -1.00 e. The lowest BCUT2D eigenvalue weighted by Gasteiger charge is -2.72. The van der Waals surface area contributed by atoms with E-state index < -0.39 is 11.6 Å². The van der Waals surface area contributed by atoms with Crippen molar-refractivity contribution < 1.29 is 42.2 Å². The van der Waals surface area contributed by atoms with Gasteiger partial charge in [0.25, 0.3) is 0 Å². The predicted molar refractivity (Wildman–Crippen MR) is 167 cm³/mol. The van der Waals surface area contributed by atoms with Crippen LogP contribution in [0.2, 0.25) is 0 Å². The highest BCUT2D eigenvalue weighted by atomic mass is 127. The van der Waals surface area contributed by atoms with Gasteiger partial charge in [-0.1, -0.05) is 48.5 Å². The molecule has 1 aromatic heterocycles. The molecule has 6 aliphatic rings. The highest BCUT2D eigenvalue weighted by molar-refractivity contribution is 5.30. The normalized spacial score (nSPS) is 43.6. The van der Waals surface area contributed by atoms with E-state index in [4.69, 9.17) is 9.95 Å². The largest absolute Gasteiger partial charge is 1.00 e. The first-order chi connectivity index (χ1) is 20.6. The van der Waals surface area contributed by atoms with Crippen molar-refractivity contribution in [2.24, 2.45) is 57.8 Å². The van der Waals surface area contributed by atoms with Gasteiger partial charge in [-0.15, -0.1) is 9.36 Å². The van der Waals surface area contributed by atoms with Gasteiger partial charge in [0.1, 0.15) is 25.2 Å². The molecule has 2 heterocycles. The number of nitrogens with zero attached hydrogens (tertiary/aromatic N) is 3. The molecule has 4 saturated carbocycles. The Hall–Kier alpha value is -1.09. The van der Waals surface area contributed by atoms with Gasteiger partial charge in [0.05, 0.1) is 17.9 Å². The summed E-state index contributed by atoms with van der Waals surface area (Å²) < 4.78 is 39.4. The molecule has 1 aromatic carbocycles. The highest BCUT2D eigenvalue weighted by Crippen LogP contribution is 2.77. The molecule has 5 aliphatic carbocycles. The van der Waals surface area contributed by atoms with Crippen LogP contribution in [0.4, 0.5) is 8.78 Å². The lowest BCUT2D eigenvalue weighted by atomic mass is 9.31. The molecule has 8 rings (SSSR count). The van der Waals surface area contributed by atoms with Crippen LogP contribution in [0.3, 0.4) is 0 Å². The Bertz CT molecular complexity index is 1540. The lowest BCUT2D eigenvalue weighted by molar-refractivity contribution is -0.757. The van der Waals surface area contributed by atoms with E-state index in [1.807, 2.05) is 4.68 Å². The number of fused-ring (bicyclic) bond motifs is 6. The van der Waals surface area contributed by atoms with Crippen molar-refractivity contribution in [3.8, 4) is 0 Å². The Balaban J connectivity index is 0.00000325. The summed E-state index contributed by atoms with van der Waals surface area (Å²) in [6.07, 6.45) is 12.0. The smallest absolute Gasteiger partial charge is 0.177 e. The summed E-state index contributed by atoms with van der Waals surface area (Å²) in [5.41, 5.74) is 4.41. The molecule has 0 N–H and O–H groups in total. The lowest BCUT2D eigenvalue weighted by Crippen LogP contribution is -3.00. The van der Waals surface area contributed by atoms with E-state index in [2.05, 4.69) is 60.2 Å². The van der Waals surface area contributed by atoms with Crippen LogP contribution < -0.4 is 28.7 Å². The fraction of sp³-hybridized carbons (Fsp3) is 0.789. The van der Waals surface area contributed by atoms with Crippen LogP contribution in [0, 0.1) is 62.4 Å². The SMILES string of the molecule is Cn1n[n+](Cc2ccc(F)cc2F)c2c1C[C@]1(C)[C@H]3CC[C@@H]4[C@H]5[C@H]6OC[C@@]5(CCC6(C)C)CC[C@@]4(C)[C@]3(C)CC[C@H]1C2(C)C.[I-]. The molecular weight excluding hydrogens is 679 g/mol. The van der Waals surface area contributed by atoms with Crippen LogP contribution in [0.5, 0.6) is 0 Å². The van der Waals surface area contributed by atoms with Crippen molar-refractivity contribution in [1.29, 1.82) is 0 Å². The van der Waals surface area contributed by atoms with E-state index in [-0.39, 0.29) is 40.2 Å². The van der Waals surface area contributed by atoms with Crippen LogP contribution in [0.15, 0.2) is 18.2 Å². The van der Waals surface area contributed by atoms with Gasteiger partial charge >= 0.3 is 0 Å². The van der Waals surface area contributed by atoms with E-state index in [0.29, 0.717) is 52.2 Å². The molecular formula is C38H54F2IN3O. The number of halogens is 3. The van der Waals surface area contributed by atoms with Crippen molar-refractivity contribution in [3.05, 3.63) is 46.8 Å². The van der Waals surface area contributed by atoms with E-state index >= 15 is 0 Å². The van der Waals surface area contributed by atoms with Crippen LogP contribution in [0.25, 0.3) is 0 Å². The quantitative estimate of drug-likeness (QED) is 0.324. The second kappa shape index (κ2) is 9.98. The fourth-order valence-electron chi connectivity index (χ4n) is 13.7. The van der Waals surface area contributed by atoms with Gasteiger partial charge in [0.2, 0.25) is 0 Å². The summed E-state index contributed by atoms with van der Waals surface area (Å²) in [5, 5.41) is 4.98. The topological polar surface area (TPSA) is 30.9 Å². The van der Waals surface area contributed by atoms with Gasteiger partial charge in [-0.3, -0.25) is 0 Å². The molecule has 5 fully saturated rings. The van der Waals surface area contributed by atoms with Crippen LogP contribution in [-0.2, 0) is 30.2 Å². The zero-order chi connectivity index (χ0) is 31.2. The molecule has 248 valence electrons. The molecule has 4 nitrogen and oxygen atoms in total. The van der Waals surface area contributed by atoms with E-state index in [0.717, 1.165) is 25.0 Å². The van der Waals surface area contributed by atoms with Gasteiger partial charge in [-0.2, -0.15) is 0 Å². The summed E-state index contributed by atoms with van der Waals surface area (Å²) >= 11 is 0. The first-order valence-corrected chi connectivity index (χ1v) is 17.6. The van der Waals surface area contributed by atoms with Gasteiger partial charge < -0.3 is 28.7 Å². The van der Waals surface area contributed by atoms with Crippen molar-refractivity contribution >= 4 is 0 Å². The fourth-order valence-corrected chi connectivity index (χ4v) is 13.7. The average molecular weight is 734 g/mol. The van der Waals surface area contributed by atoms with E-state index in [1.165, 1.54) is 68.8 Å². The maximum absolute atomic E-state index is 14.8. The monoisotopic (exact) mass is 733 g/mol. The number of benzene rings is 1. The third-order valence-electron chi connectivity index (χ3n) is 15.9. The van der Waals surface area contributed by atoms with Gasteiger partial charge in [-0.05, 0) is 114 Å². The highest BCUT2D eigenvalue weighted by Gasteiger charge is 2.73. The predicted octanol–water partition coefficient (Wildman–Crippen LogP) is 4.94.